The largest absolute Gasteiger partial charge is 0.355 e. The van der Waals surface area contributed by atoms with Crippen molar-refractivity contribution in [2.45, 2.75) is 38.5 Å². The van der Waals surface area contributed by atoms with Crippen LogP contribution in [0.2, 0.25) is 0 Å². The van der Waals surface area contributed by atoms with Gasteiger partial charge < -0.3 is 15.2 Å². The van der Waals surface area contributed by atoms with Crippen molar-refractivity contribution in [3.05, 3.63) is 17.5 Å². The Labute approximate surface area is 149 Å². The van der Waals surface area contributed by atoms with Gasteiger partial charge in [-0.25, -0.2) is 0 Å². The average molecular weight is 368 g/mol. The third-order valence-corrected chi connectivity index (χ3v) is 5.06. The highest BCUT2D eigenvalue weighted by Gasteiger charge is 2.17. The number of likely N-dealkylation sites (N-methyl/N-ethyl adjacent to an activating group) is 1. The van der Waals surface area contributed by atoms with E-state index in [9.17, 15) is 9.59 Å². The number of thiophene rings is 1. The van der Waals surface area contributed by atoms with Crippen LogP contribution in [0.1, 0.15) is 20.8 Å². The number of amides is 2. The lowest BCUT2D eigenvalue weighted by Crippen LogP contribution is -2.45. The summed E-state index contributed by atoms with van der Waals surface area (Å²) in [5.74, 6) is 0.604. The average Bonchev–Trinajstić information content (AvgIpc) is 3.21. The third-order valence-electron chi connectivity index (χ3n) is 3.23. The van der Waals surface area contributed by atoms with Gasteiger partial charge in [0, 0.05) is 13.1 Å². The van der Waals surface area contributed by atoms with Crippen LogP contribution in [0.25, 0.3) is 10.7 Å². The van der Waals surface area contributed by atoms with Gasteiger partial charge in [-0.05, 0) is 32.2 Å². The SMILES string of the molecule is CCNC(=O)[C@@H](C)NC(=O)CSc1nnc(-c2cccs2)n1CC. The topological polar surface area (TPSA) is 88.9 Å². The Morgan fingerprint density at radius 2 is 2.17 bits per heavy atom. The number of carbonyl (C=O) groups excluding carboxylic acids is 2. The van der Waals surface area contributed by atoms with Crippen molar-refractivity contribution in [3.63, 3.8) is 0 Å². The smallest absolute Gasteiger partial charge is 0.242 e. The molecular formula is C15H21N5O2S2. The number of aromatic nitrogens is 3. The van der Waals surface area contributed by atoms with Gasteiger partial charge in [-0.3, -0.25) is 9.59 Å². The minimum absolute atomic E-state index is 0.187. The quantitative estimate of drug-likeness (QED) is 0.694. The molecule has 0 saturated carbocycles. The maximum Gasteiger partial charge on any atom is 0.242 e. The van der Waals surface area contributed by atoms with E-state index in [1.165, 1.54) is 11.8 Å². The van der Waals surface area contributed by atoms with Gasteiger partial charge in [0.1, 0.15) is 6.04 Å². The second-order valence-electron chi connectivity index (χ2n) is 5.00. The second kappa shape index (κ2) is 8.84. The van der Waals surface area contributed by atoms with Crippen LogP contribution in [0.3, 0.4) is 0 Å². The van der Waals surface area contributed by atoms with E-state index in [4.69, 9.17) is 0 Å². The molecule has 2 rings (SSSR count). The molecule has 2 heterocycles. The summed E-state index contributed by atoms with van der Waals surface area (Å²) in [6.07, 6.45) is 0. The molecule has 0 fully saturated rings. The maximum absolute atomic E-state index is 12.0. The summed E-state index contributed by atoms with van der Waals surface area (Å²) in [5, 5.41) is 16.5. The molecule has 2 N–H and O–H groups in total. The monoisotopic (exact) mass is 367 g/mol. The van der Waals surface area contributed by atoms with Gasteiger partial charge in [-0.1, -0.05) is 17.8 Å². The molecule has 0 unspecified atom stereocenters. The number of carbonyl (C=O) groups is 2. The standard InChI is InChI=1S/C15H21N5O2S2/c1-4-16-14(22)10(3)17-12(21)9-24-15-19-18-13(20(15)5-2)11-7-6-8-23-11/h6-8,10H,4-5,9H2,1-3H3,(H,16,22)(H,17,21)/t10-/m1/s1. The molecule has 2 aromatic heterocycles. The molecule has 2 aromatic rings. The molecule has 24 heavy (non-hydrogen) atoms. The molecular weight excluding hydrogens is 346 g/mol. The van der Waals surface area contributed by atoms with Crippen LogP contribution in [-0.2, 0) is 16.1 Å². The molecule has 0 aliphatic carbocycles. The van der Waals surface area contributed by atoms with E-state index in [0.29, 0.717) is 11.7 Å². The summed E-state index contributed by atoms with van der Waals surface area (Å²) in [4.78, 5) is 24.7. The first kappa shape index (κ1) is 18.5. The van der Waals surface area contributed by atoms with E-state index in [1.54, 1.807) is 18.3 Å². The highest BCUT2D eigenvalue weighted by molar-refractivity contribution is 7.99. The van der Waals surface area contributed by atoms with E-state index in [0.717, 1.165) is 17.2 Å². The van der Waals surface area contributed by atoms with Gasteiger partial charge in [-0.15, -0.1) is 21.5 Å². The van der Waals surface area contributed by atoms with Crippen LogP contribution in [0.15, 0.2) is 22.7 Å². The molecule has 0 saturated heterocycles. The van der Waals surface area contributed by atoms with Crippen LogP contribution in [-0.4, -0.2) is 44.9 Å². The first-order valence-electron chi connectivity index (χ1n) is 7.73. The summed E-state index contributed by atoms with van der Waals surface area (Å²) < 4.78 is 1.98. The first-order chi connectivity index (χ1) is 11.6. The Morgan fingerprint density at radius 1 is 1.38 bits per heavy atom. The predicted molar refractivity (Wildman–Crippen MR) is 96.0 cm³/mol. The highest BCUT2D eigenvalue weighted by atomic mass is 32.2. The lowest BCUT2D eigenvalue weighted by Gasteiger charge is -2.13. The maximum atomic E-state index is 12.0. The molecule has 0 radical (unpaired) electrons. The van der Waals surface area contributed by atoms with Crippen LogP contribution < -0.4 is 10.6 Å². The van der Waals surface area contributed by atoms with Crippen LogP contribution in [0.4, 0.5) is 0 Å². The van der Waals surface area contributed by atoms with Crippen molar-refractivity contribution in [2.24, 2.45) is 0 Å². The number of rotatable bonds is 8. The van der Waals surface area contributed by atoms with E-state index in [2.05, 4.69) is 20.8 Å². The molecule has 9 heteroatoms. The van der Waals surface area contributed by atoms with E-state index < -0.39 is 6.04 Å². The molecule has 1 atom stereocenters. The molecule has 0 aromatic carbocycles. The molecule has 0 aliphatic rings. The molecule has 0 aliphatic heterocycles. The number of hydrogen-bond donors (Lipinski definition) is 2. The lowest BCUT2D eigenvalue weighted by atomic mass is 10.3. The Morgan fingerprint density at radius 3 is 2.79 bits per heavy atom. The molecule has 7 nitrogen and oxygen atoms in total. The van der Waals surface area contributed by atoms with Crippen molar-refractivity contribution in [3.8, 4) is 10.7 Å². The van der Waals surface area contributed by atoms with Crippen molar-refractivity contribution in [1.82, 2.24) is 25.4 Å². The van der Waals surface area contributed by atoms with Gasteiger partial charge in [0.15, 0.2) is 11.0 Å². The Balaban J connectivity index is 1.95. The second-order valence-corrected chi connectivity index (χ2v) is 6.89. The Bertz CT molecular complexity index is 684. The van der Waals surface area contributed by atoms with E-state index in [-0.39, 0.29) is 17.6 Å². The third kappa shape index (κ3) is 4.57. The zero-order valence-electron chi connectivity index (χ0n) is 13.9. The summed E-state index contributed by atoms with van der Waals surface area (Å²) >= 11 is 2.92. The van der Waals surface area contributed by atoms with Gasteiger partial charge in [0.25, 0.3) is 0 Å². The van der Waals surface area contributed by atoms with Gasteiger partial charge in [-0.2, -0.15) is 0 Å². The van der Waals surface area contributed by atoms with Crippen molar-refractivity contribution < 1.29 is 9.59 Å². The fraction of sp³-hybridized carbons (Fsp3) is 0.467. The molecule has 2 amide bonds. The highest BCUT2D eigenvalue weighted by Crippen LogP contribution is 2.26. The predicted octanol–water partition coefficient (Wildman–Crippen LogP) is 1.76. The lowest BCUT2D eigenvalue weighted by molar-refractivity contribution is -0.127. The molecule has 0 spiro atoms. The zero-order valence-corrected chi connectivity index (χ0v) is 15.5. The summed E-state index contributed by atoms with van der Waals surface area (Å²) in [7, 11) is 0. The molecule has 0 bridgehead atoms. The fourth-order valence-corrected chi connectivity index (χ4v) is 3.61. The van der Waals surface area contributed by atoms with Crippen molar-refractivity contribution >= 4 is 34.9 Å². The number of thioether (sulfide) groups is 1. The van der Waals surface area contributed by atoms with E-state index in [1.807, 2.05) is 35.9 Å². The van der Waals surface area contributed by atoms with Crippen LogP contribution in [0, 0.1) is 0 Å². The van der Waals surface area contributed by atoms with Crippen molar-refractivity contribution in [1.29, 1.82) is 0 Å². The summed E-state index contributed by atoms with van der Waals surface area (Å²) in [5.41, 5.74) is 0. The summed E-state index contributed by atoms with van der Waals surface area (Å²) in [6.45, 7) is 6.78. The van der Waals surface area contributed by atoms with Gasteiger partial charge >= 0.3 is 0 Å². The minimum atomic E-state index is -0.552. The number of hydrogen-bond acceptors (Lipinski definition) is 6. The minimum Gasteiger partial charge on any atom is -0.355 e. The Kier molecular flexibility index (Phi) is 6.80. The van der Waals surface area contributed by atoms with E-state index >= 15 is 0 Å². The number of nitrogens with zero attached hydrogens (tertiary/aromatic N) is 3. The van der Waals surface area contributed by atoms with Crippen LogP contribution in [0.5, 0.6) is 0 Å². The van der Waals surface area contributed by atoms with Crippen molar-refractivity contribution in [2.75, 3.05) is 12.3 Å². The normalized spacial score (nSPS) is 12.0. The molecule has 130 valence electrons. The number of nitrogens with one attached hydrogen (secondary N) is 2. The first-order valence-corrected chi connectivity index (χ1v) is 9.60. The van der Waals surface area contributed by atoms with Gasteiger partial charge in [0.05, 0.1) is 10.6 Å². The Hall–Kier alpha value is -1.87. The summed E-state index contributed by atoms with van der Waals surface area (Å²) in [6, 6.07) is 3.41. The fourth-order valence-electron chi connectivity index (χ4n) is 2.07. The zero-order chi connectivity index (χ0) is 17.5. The van der Waals surface area contributed by atoms with Crippen LogP contribution >= 0.6 is 23.1 Å². The van der Waals surface area contributed by atoms with Gasteiger partial charge in [0.2, 0.25) is 11.8 Å².